The summed E-state index contributed by atoms with van der Waals surface area (Å²) in [5.41, 5.74) is 5.36. The Morgan fingerprint density at radius 2 is 2.00 bits per heavy atom. The van der Waals surface area contributed by atoms with E-state index in [2.05, 4.69) is 9.62 Å². The van der Waals surface area contributed by atoms with E-state index in [4.69, 9.17) is 5.73 Å². The van der Waals surface area contributed by atoms with E-state index in [0.717, 1.165) is 19.2 Å². The topological polar surface area (TPSA) is 119 Å². The Morgan fingerprint density at radius 3 is 2.57 bits per heavy atom. The summed E-state index contributed by atoms with van der Waals surface area (Å²) in [6, 6.07) is 3.24. The number of nitro benzene ring substituents is 1. The number of hydrogen-bond donors (Lipinski definition) is 2. The van der Waals surface area contributed by atoms with Crippen LogP contribution in [0.15, 0.2) is 23.1 Å². The number of nitrogens with one attached hydrogen (secondary N) is 1. The second-order valence-electron chi connectivity index (χ2n) is 5.18. The van der Waals surface area contributed by atoms with Crippen LogP contribution in [0.5, 0.6) is 0 Å². The Labute approximate surface area is 123 Å². The molecule has 0 aromatic heterocycles. The van der Waals surface area contributed by atoms with Gasteiger partial charge in [0.2, 0.25) is 10.0 Å². The monoisotopic (exact) mass is 314 g/mol. The lowest BCUT2D eigenvalue weighted by Crippen LogP contribution is -2.43. The van der Waals surface area contributed by atoms with E-state index in [9.17, 15) is 18.5 Å². The van der Waals surface area contributed by atoms with Crippen LogP contribution < -0.4 is 10.5 Å². The fourth-order valence-corrected chi connectivity index (χ4v) is 3.73. The quantitative estimate of drug-likeness (QED) is 0.476. The zero-order valence-corrected chi connectivity index (χ0v) is 12.5. The van der Waals surface area contributed by atoms with Crippen molar-refractivity contribution in [2.24, 2.45) is 0 Å². The van der Waals surface area contributed by atoms with Gasteiger partial charge in [-0.05, 0) is 39.0 Å². The van der Waals surface area contributed by atoms with Crippen LogP contribution in [0.1, 0.15) is 12.8 Å². The largest absolute Gasteiger partial charge is 0.398 e. The number of rotatable bonds is 4. The summed E-state index contributed by atoms with van der Waals surface area (Å²) in [5, 5.41) is 10.8. The number of nitrogens with zero attached hydrogens (tertiary/aromatic N) is 2. The second kappa shape index (κ2) is 5.96. The first kappa shape index (κ1) is 15.7. The fourth-order valence-electron chi connectivity index (χ4n) is 2.28. The molecule has 0 bridgehead atoms. The SMILES string of the molecule is CN1CCC(NS(=O)(=O)c2cc([N+](=O)[O-])ccc2N)CC1. The van der Waals surface area contributed by atoms with E-state index in [1.54, 1.807) is 0 Å². The van der Waals surface area contributed by atoms with Crippen molar-refractivity contribution in [1.82, 2.24) is 9.62 Å². The van der Waals surface area contributed by atoms with Crippen LogP contribution in [0, 0.1) is 10.1 Å². The zero-order chi connectivity index (χ0) is 15.6. The molecule has 9 heteroatoms. The van der Waals surface area contributed by atoms with Gasteiger partial charge in [-0.1, -0.05) is 0 Å². The molecule has 2 rings (SSSR count). The van der Waals surface area contributed by atoms with E-state index >= 15 is 0 Å². The van der Waals surface area contributed by atoms with Crippen molar-refractivity contribution in [3.63, 3.8) is 0 Å². The maximum absolute atomic E-state index is 12.4. The summed E-state index contributed by atoms with van der Waals surface area (Å²) < 4.78 is 27.3. The second-order valence-corrected chi connectivity index (χ2v) is 6.86. The molecule has 21 heavy (non-hydrogen) atoms. The van der Waals surface area contributed by atoms with Gasteiger partial charge in [0.1, 0.15) is 4.90 Å². The molecular weight excluding hydrogens is 296 g/mol. The molecule has 1 aromatic carbocycles. The van der Waals surface area contributed by atoms with Crippen LogP contribution in [-0.4, -0.2) is 44.4 Å². The third-order valence-corrected chi connectivity index (χ3v) is 5.11. The fraction of sp³-hybridized carbons (Fsp3) is 0.500. The maximum Gasteiger partial charge on any atom is 0.270 e. The number of hydrogen-bond acceptors (Lipinski definition) is 6. The third kappa shape index (κ3) is 3.69. The Hall–Kier alpha value is -1.71. The molecule has 0 atom stereocenters. The Balaban J connectivity index is 2.23. The van der Waals surface area contributed by atoms with Crippen LogP contribution in [0.3, 0.4) is 0 Å². The van der Waals surface area contributed by atoms with E-state index in [1.165, 1.54) is 12.1 Å². The van der Waals surface area contributed by atoms with Crippen molar-refractivity contribution in [3.05, 3.63) is 28.3 Å². The molecule has 0 aliphatic carbocycles. The molecule has 0 unspecified atom stereocenters. The first-order chi connectivity index (χ1) is 9.79. The molecule has 1 fully saturated rings. The van der Waals surface area contributed by atoms with Gasteiger partial charge in [-0.2, -0.15) is 0 Å². The molecule has 1 aliphatic heterocycles. The molecule has 8 nitrogen and oxygen atoms in total. The zero-order valence-electron chi connectivity index (χ0n) is 11.7. The molecule has 1 saturated heterocycles. The number of non-ortho nitro benzene ring substituents is 1. The number of piperidine rings is 1. The summed E-state index contributed by atoms with van der Waals surface area (Å²) in [6.07, 6.45) is 1.40. The summed E-state index contributed by atoms with van der Waals surface area (Å²) in [7, 11) is -1.89. The third-order valence-electron chi connectivity index (χ3n) is 3.54. The van der Waals surface area contributed by atoms with Gasteiger partial charge in [-0.15, -0.1) is 0 Å². The molecule has 0 amide bonds. The minimum absolute atomic E-state index is 0.000951. The molecule has 116 valence electrons. The highest BCUT2D eigenvalue weighted by atomic mass is 32.2. The predicted octanol–water partition coefficient (Wildman–Crippen LogP) is 0.550. The van der Waals surface area contributed by atoms with E-state index in [-0.39, 0.29) is 22.3 Å². The van der Waals surface area contributed by atoms with Crippen LogP contribution in [0.4, 0.5) is 11.4 Å². The van der Waals surface area contributed by atoms with Crippen molar-refractivity contribution >= 4 is 21.4 Å². The maximum atomic E-state index is 12.4. The van der Waals surface area contributed by atoms with Crippen molar-refractivity contribution in [3.8, 4) is 0 Å². The average Bonchev–Trinajstić information content (AvgIpc) is 2.41. The van der Waals surface area contributed by atoms with Gasteiger partial charge < -0.3 is 10.6 Å². The molecule has 1 aliphatic rings. The number of likely N-dealkylation sites (tertiary alicyclic amines) is 1. The number of anilines is 1. The normalized spacial score (nSPS) is 17.8. The lowest BCUT2D eigenvalue weighted by atomic mass is 10.1. The first-order valence-electron chi connectivity index (χ1n) is 6.54. The molecule has 0 radical (unpaired) electrons. The highest BCUT2D eigenvalue weighted by molar-refractivity contribution is 7.89. The first-order valence-corrected chi connectivity index (χ1v) is 8.03. The molecular formula is C12H18N4O4S. The standard InChI is InChI=1S/C12H18N4O4S/c1-15-6-4-9(5-7-15)14-21(19,20)12-8-10(16(17)18)2-3-11(12)13/h2-3,8-9,14H,4-7,13H2,1H3. The van der Waals surface area contributed by atoms with Crippen LogP contribution in [0.2, 0.25) is 0 Å². The van der Waals surface area contributed by atoms with E-state index in [0.29, 0.717) is 12.8 Å². The van der Waals surface area contributed by atoms with Crippen LogP contribution in [0.25, 0.3) is 0 Å². The average molecular weight is 314 g/mol. The number of sulfonamides is 1. The van der Waals surface area contributed by atoms with Crippen molar-refractivity contribution < 1.29 is 13.3 Å². The summed E-state index contributed by atoms with van der Waals surface area (Å²) in [6.45, 7) is 1.61. The van der Waals surface area contributed by atoms with Gasteiger partial charge in [0.05, 0.1) is 10.6 Å². The van der Waals surface area contributed by atoms with Crippen molar-refractivity contribution in [1.29, 1.82) is 0 Å². The molecule has 1 aromatic rings. The van der Waals surface area contributed by atoms with Gasteiger partial charge in [0, 0.05) is 18.2 Å². The molecule has 0 saturated carbocycles. The van der Waals surface area contributed by atoms with Gasteiger partial charge in [-0.25, -0.2) is 13.1 Å². The van der Waals surface area contributed by atoms with Crippen molar-refractivity contribution in [2.75, 3.05) is 25.9 Å². The van der Waals surface area contributed by atoms with Crippen LogP contribution >= 0.6 is 0 Å². The number of nitrogen functional groups attached to an aromatic ring is 1. The number of nitro groups is 1. The minimum atomic E-state index is -3.86. The van der Waals surface area contributed by atoms with E-state index in [1.807, 2.05) is 7.05 Å². The molecule has 1 heterocycles. The van der Waals surface area contributed by atoms with Gasteiger partial charge in [0.25, 0.3) is 5.69 Å². The Bertz CT molecular complexity index is 639. The van der Waals surface area contributed by atoms with Gasteiger partial charge in [-0.3, -0.25) is 10.1 Å². The number of nitrogens with two attached hydrogens (primary N) is 1. The molecule has 0 spiro atoms. The highest BCUT2D eigenvalue weighted by Gasteiger charge is 2.26. The summed E-state index contributed by atoms with van der Waals surface area (Å²) >= 11 is 0. The summed E-state index contributed by atoms with van der Waals surface area (Å²) in [5.74, 6) is 0. The predicted molar refractivity (Wildman–Crippen MR) is 78.3 cm³/mol. The number of benzene rings is 1. The lowest BCUT2D eigenvalue weighted by molar-refractivity contribution is -0.385. The van der Waals surface area contributed by atoms with Crippen molar-refractivity contribution in [2.45, 2.75) is 23.8 Å². The summed E-state index contributed by atoms with van der Waals surface area (Å²) in [4.78, 5) is 12.0. The highest BCUT2D eigenvalue weighted by Crippen LogP contribution is 2.24. The minimum Gasteiger partial charge on any atom is -0.398 e. The Kier molecular flexibility index (Phi) is 4.45. The Morgan fingerprint density at radius 1 is 1.38 bits per heavy atom. The van der Waals surface area contributed by atoms with Gasteiger partial charge in [0.15, 0.2) is 0 Å². The van der Waals surface area contributed by atoms with Gasteiger partial charge >= 0.3 is 0 Å². The lowest BCUT2D eigenvalue weighted by Gasteiger charge is -2.29. The molecule has 3 N–H and O–H groups in total. The van der Waals surface area contributed by atoms with Crippen LogP contribution in [-0.2, 0) is 10.0 Å². The smallest absolute Gasteiger partial charge is 0.270 e. The van der Waals surface area contributed by atoms with E-state index < -0.39 is 14.9 Å².